The average molecular weight is 164 g/mol. The highest BCUT2D eigenvalue weighted by Crippen LogP contribution is 2.34. The second-order valence-electron chi connectivity index (χ2n) is 2.84. The van der Waals surface area contributed by atoms with Gasteiger partial charge in [-0.15, -0.1) is 0 Å². The maximum absolute atomic E-state index is 10.6. The molecule has 0 bridgehead atoms. The Morgan fingerprint density at radius 1 is 1.50 bits per heavy atom. The molecule has 3 nitrogen and oxygen atoms in total. The van der Waals surface area contributed by atoms with Gasteiger partial charge in [0, 0.05) is 0 Å². The van der Waals surface area contributed by atoms with Gasteiger partial charge in [-0.3, -0.25) is 4.18 Å². The Labute approximate surface area is 61.5 Å². The molecule has 0 aromatic carbocycles. The van der Waals surface area contributed by atoms with Crippen molar-refractivity contribution in [2.24, 2.45) is 5.92 Å². The first kappa shape index (κ1) is 8.01. The Balaban J connectivity index is 2.37. The van der Waals surface area contributed by atoms with Crippen LogP contribution < -0.4 is 0 Å². The second kappa shape index (κ2) is 2.51. The van der Waals surface area contributed by atoms with Crippen LogP contribution in [0.5, 0.6) is 0 Å². The molecular weight excluding hydrogens is 152 g/mol. The van der Waals surface area contributed by atoms with E-state index in [0.29, 0.717) is 5.92 Å². The fraction of sp³-hybridized carbons (Fsp3) is 1.00. The van der Waals surface area contributed by atoms with Gasteiger partial charge in [0.05, 0.1) is 12.4 Å². The van der Waals surface area contributed by atoms with E-state index < -0.39 is 10.1 Å². The van der Waals surface area contributed by atoms with Gasteiger partial charge in [-0.2, -0.15) is 8.42 Å². The minimum absolute atomic E-state index is 0.116. The molecule has 1 atom stereocenters. The number of hydrogen-bond donors (Lipinski definition) is 0. The SMILES string of the molecule is CC(OS(C)(=O)=O)C1CC1. The van der Waals surface area contributed by atoms with E-state index in [4.69, 9.17) is 4.18 Å². The summed E-state index contributed by atoms with van der Waals surface area (Å²) in [6, 6.07) is 0. The van der Waals surface area contributed by atoms with Crippen molar-refractivity contribution in [1.29, 1.82) is 0 Å². The van der Waals surface area contributed by atoms with Crippen molar-refractivity contribution in [1.82, 2.24) is 0 Å². The molecule has 0 aliphatic heterocycles. The predicted molar refractivity (Wildman–Crippen MR) is 38.1 cm³/mol. The van der Waals surface area contributed by atoms with Crippen molar-refractivity contribution in [2.45, 2.75) is 25.9 Å². The molecule has 1 aliphatic carbocycles. The largest absolute Gasteiger partial charge is 0.267 e. The van der Waals surface area contributed by atoms with Crippen molar-refractivity contribution in [2.75, 3.05) is 6.26 Å². The molecular formula is C6H12O3S. The van der Waals surface area contributed by atoms with E-state index in [1.165, 1.54) is 0 Å². The predicted octanol–water partition coefficient (Wildman–Crippen LogP) is 0.761. The molecule has 0 spiro atoms. The van der Waals surface area contributed by atoms with E-state index in [-0.39, 0.29) is 6.10 Å². The van der Waals surface area contributed by atoms with E-state index in [2.05, 4.69) is 0 Å². The molecule has 1 aliphatic rings. The summed E-state index contributed by atoms with van der Waals surface area (Å²) >= 11 is 0. The summed E-state index contributed by atoms with van der Waals surface area (Å²) in [5, 5.41) is 0. The van der Waals surface area contributed by atoms with Crippen LogP contribution in [0.15, 0.2) is 0 Å². The molecule has 0 radical (unpaired) electrons. The summed E-state index contributed by atoms with van der Waals surface area (Å²) in [5.41, 5.74) is 0. The Kier molecular flexibility index (Phi) is 2.01. The van der Waals surface area contributed by atoms with Crippen molar-refractivity contribution < 1.29 is 12.6 Å². The van der Waals surface area contributed by atoms with Crippen LogP contribution in [-0.2, 0) is 14.3 Å². The zero-order valence-corrected chi connectivity index (χ0v) is 7.02. The van der Waals surface area contributed by atoms with Gasteiger partial charge in [-0.05, 0) is 25.7 Å². The topological polar surface area (TPSA) is 43.4 Å². The number of hydrogen-bond acceptors (Lipinski definition) is 3. The summed E-state index contributed by atoms with van der Waals surface area (Å²) in [4.78, 5) is 0. The molecule has 1 rings (SSSR count). The molecule has 0 aromatic rings. The van der Waals surface area contributed by atoms with Crippen LogP contribution in [-0.4, -0.2) is 20.8 Å². The van der Waals surface area contributed by atoms with Crippen LogP contribution in [0.25, 0.3) is 0 Å². The first-order valence-corrected chi connectivity index (χ1v) is 5.19. The molecule has 0 N–H and O–H groups in total. The lowest BCUT2D eigenvalue weighted by molar-refractivity contribution is 0.208. The fourth-order valence-corrected chi connectivity index (χ4v) is 1.63. The molecule has 0 heterocycles. The summed E-state index contributed by atoms with van der Waals surface area (Å²) in [6.07, 6.45) is 3.19. The molecule has 1 fully saturated rings. The Morgan fingerprint density at radius 3 is 2.30 bits per heavy atom. The smallest absolute Gasteiger partial charge is 0.264 e. The van der Waals surface area contributed by atoms with E-state index in [1.807, 2.05) is 0 Å². The maximum atomic E-state index is 10.6. The Hall–Kier alpha value is -0.0900. The molecule has 0 amide bonds. The normalized spacial score (nSPS) is 22.6. The lowest BCUT2D eigenvalue weighted by atomic mass is 10.3. The fourth-order valence-electron chi connectivity index (χ4n) is 0.920. The van der Waals surface area contributed by atoms with E-state index in [1.54, 1.807) is 6.92 Å². The molecule has 1 saturated carbocycles. The molecule has 60 valence electrons. The first-order chi connectivity index (χ1) is 4.49. The molecule has 0 saturated heterocycles. The molecule has 0 aromatic heterocycles. The Bertz CT molecular complexity index is 203. The summed E-state index contributed by atoms with van der Waals surface area (Å²) in [6.45, 7) is 1.80. The number of rotatable bonds is 3. The van der Waals surface area contributed by atoms with Gasteiger partial charge in [0.25, 0.3) is 10.1 Å². The minimum Gasteiger partial charge on any atom is -0.267 e. The van der Waals surface area contributed by atoms with E-state index in [0.717, 1.165) is 19.1 Å². The van der Waals surface area contributed by atoms with Crippen LogP contribution >= 0.6 is 0 Å². The quantitative estimate of drug-likeness (QED) is 0.578. The van der Waals surface area contributed by atoms with Gasteiger partial charge in [0.2, 0.25) is 0 Å². The lowest BCUT2D eigenvalue weighted by Gasteiger charge is -2.07. The van der Waals surface area contributed by atoms with Crippen molar-refractivity contribution in [3.05, 3.63) is 0 Å². The van der Waals surface area contributed by atoms with Gasteiger partial charge >= 0.3 is 0 Å². The third-order valence-electron chi connectivity index (χ3n) is 1.61. The van der Waals surface area contributed by atoms with Crippen LogP contribution in [0.4, 0.5) is 0 Å². The molecule has 1 unspecified atom stereocenters. The monoisotopic (exact) mass is 164 g/mol. The van der Waals surface area contributed by atoms with Crippen LogP contribution in [0.3, 0.4) is 0 Å². The zero-order valence-electron chi connectivity index (χ0n) is 6.20. The van der Waals surface area contributed by atoms with Crippen LogP contribution in [0.2, 0.25) is 0 Å². The summed E-state index contributed by atoms with van der Waals surface area (Å²) < 4.78 is 25.8. The second-order valence-corrected chi connectivity index (χ2v) is 4.44. The van der Waals surface area contributed by atoms with Crippen molar-refractivity contribution >= 4 is 10.1 Å². The molecule has 4 heteroatoms. The summed E-state index contributed by atoms with van der Waals surface area (Å²) in [5.74, 6) is 0.481. The van der Waals surface area contributed by atoms with Gasteiger partial charge in [0.15, 0.2) is 0 Å². The van der Waals surface area contributed by atoms with Gasteiger partial charge in [-0.1, -0.05) is 0 Å². The van der Waals surface area contributed by atoms with Crippen molar-refractivity contribution in [3.63, 3.8) is 0 Å². The maximum Gasteiger partial charge on any atom is 0.264 e. The third-order valence-corrected chi connectivity index (χ3v) is 2.27. The lowest BCUT2D eigenvalue weighted by Crippen LogP contribution is -2.15. The van der Waals surface area contributed by atoms with Gasteiger partial charge in [0.1, 0.15) is 0 Å². The summed E-state index contributed by atoms with van der Waals surface area (Å²) in [7, 11) is -3.23. The van der Waals surface area contributed by atoms with Gasteiger partial charge in [-0.25, -0.2) is 0 Å². The van der Waals surface area contributed by atoms with Gasteiger partial charge < -0.3 is 0 Å². The Morgan fingerprint density at radius 2 is 2.00 bits per heavy atom. The highest BCUT2D eigenvalue weighted by molar-refractivity contribution is 7.86. The standard InChI is InChI=1S/C6H12O3S/c1-5(6-3-4-6)9-10(2,7)8/h5-6H,3-4H2,1-2H3. The van der Waals surface area contributed by atoms with Crippen LogP contribution in [0.1, 0.15) is 19.8 Å². The van der Waals surface area contributed by atoms with E-state index >= 15 is 0 Å². The zero-order chi connectivity index (χ0) is 7.78. The van der Waals surface area contributed by atoms with E-state index in [9.17, 15) is 8.42 Å². The van der Waals surface area contributed by atoms with Crippen molar-refractivity contribution in [3.8, 4) is 0 Å². The first-order valence-electron chi connectivity index (χ1n) is 3.37. The average Bonchev–Trinajstić information content (AvgIpc) is 2.35. The third kappa shape index (κ3) is 2.66. The highest BCUT2D eigenvalue weighted by atomic mass is 32.2. The molecule has 10 heavy (non-hydrogen) atoms. The minimum atomic E-state index is -3.23. The van der Waals surface area contributed by atoms with Crippen LogP contribution in [0, 0.1) is 5.92 Å². The highest BCUT2D eigenvalue weighted by Gasteiger charge is 2.30.